The van der Waals surface area contributed by atoms with Crippen molar-refractivity contribution in [1.29, 1.82) is 0 Å². The van der Waals surface area contributed by atoms with Crippen molar-refractivity contribution in [3.05, 3.63) is 29.3 Å². The number of halogens is 4. The Hall–Kier alpha value is -1.36. The maximum atomic E-state index is 13.0. The van der Waals surface area contributed by atoms with Gasteiger partial charge in [-0.3, -0.25) is 4.79 Å². The second kappa shape index (κ2) is 8.76. The Bertz CT molecular complexity index is 750. The van der Waals surface area contributed by atoms with Crippen LogP contribution in [0.3, 0.4) is 0 Å². The lowest BCUT2D eigenvalue weighted by molar-refractivity contribution is -0.140. The van der Waals surface area contributed by atoms with Crippen LogP contribution in [0.25, 0.3) is 0 Å². The lowest BCUT2D eigenvalue weighted by Gasteiger charge is -2.31. The zero-order chi connectivity index (χ0) is 20.2. The van der Waals surface area contributed by atoms with Gasteiger partial charge in [0.05, 0.1) is 11.0 Å². The summed E-state index contributed by atoms with van der Waals surface area (Å²) in [5.74, 6) is -1.14. The lowest BCUT2D eigenvalue weighted by Crippen LogP contribution is -2.50. The number of carbonyl (C=O) groups is 1. The van der Waals surface area contributed by atoms with Crippen molar-refractivity contribution in [2.45, 2.75) is 48.9 Å². The van der Waals surface area contributed by atoms with Crippen LogP contribution in [0.5, 0.6) is 0 Å². The van der Waals surface area contributed by atoms with Gasteiger partial charge in [0.25, 0.3) is 0 Å². The lowest BCUT2D eigenvalue weighted by atomic mass is 10.1. The van der Waals surface area contributed by atoms with E-state index in [2.05, 4.69) is 0 Å². The predicted octanol–water partition coefficient (Wildman–Crippen LogP) is 2.71. The summed E-state index contributed by atoms with van der Waals surface area (Å²) in [6.07, 6.45) is -5.93. The van der Waals surface area contributed by atoms with E-state index in [0.717, 1.165) is 4.31 Å². The van der Waals surface area contributed by atoms with Crippen LogP contribution in [0.2, 0.25) is 5.02 Å². The number of ether oxygens (including phenoxy) is 1. The third-order valence-corrected chi connectivity index (χ3v) is 6.35. The average Bonchev–Trinajstić information content (AvgIpc) is 3.06. The van der Waals surface area contributed by atoms with Crippen molar-refractivity contribution in [1.82, 2.24) is 4.31 Å². The molecule has 0 unspecified atom stereocenters. The fraction of sp³-hybridized carbons (Fsp3) is 0.562. The molecule has 0 bridgehead atoms. The van der Waals surface area contributed by atoms with Crippen molar-refractivity contribution in [2.75, 3.05) is 13.2 Å². The van der Waals surface area contributed by atoms with Crippen molar-refractivity contribution in [3.63, 3.8) is 0 Å². The molecule has 2 N–H and O–H groups in total. The maximum absolute atomic E-state index is 13.0. The van der Waals surface area contributed by atoms with Crippen LogP contribution in [0.4, 0.5) is 13.2 Å². The SMILES string of the molecule is NC(=O)[C@@H](CCC(F)(F)F)N(C[C@H]1CCCO1)S(=O)(=O)c1ccc(Cl)cc1. The van der Waals surface area contributed by atoms with Gasteiger partial charge in [0.2, 0.25) is 15.9 Å². The Morgan fingerprint density at radius 3 is 2.44 bits per heavy atom. The van der Waals surface area contributed by atoms with E-state index in [9.17, 15) is 26.4 Å². The van der Waals surface area contributed by atoms with Crippen LogP contribution in [-0.4, -0.2) is 50.1 Å². The monoisotopic (exact) mass is 428 g/mol. The van der Waals surface area contributed by atoms with Gasteiger partial charge in [-0.1, -0.05) is 11.6 Å². The molecule has 6 nitrogen and oxygen atoms in total. The molecule has 1 saturated heterocycles. The first kappa shape index (κ1) is 21.9. The van der Waals surface area contributed by atoms with Gasteiger partial charge >= 0.3 is 6.18 Å². The highest BCUT2D eigenvalue weighted by Crippen LogP contribution is 2.28. The van der Waals surface area contributed by atoms with E-state index in [1.165, 1.54) is 24.3 Å². The van der Waals surface area contributed by atoms with E-state index >= 15 is 0 Å². The molecule has 1 aliphatic heterocycles. The van der Waals surface area contributed by atoms with Crippen molar-refractivity contribution < 1.29 is 31.1 Å². The molecule has 0 radical (unpaired) electrons. The summed E-state index contributed by atoms with van der Waals surface area (Å²) >= 11 is 5.76. The minimum atomic E-state index is -4.55. The molecule has 0 spiro atoms. The van der Waals surface area contributed by atoms with Crippen molar-refractivity contribution in [3.8, 4) is 0 Å². The molecule has 152 valence electrons. The Morgan fingerprint density at radius 1 is 1.33 bits per heavy atom. The molecule has 2 atom stereocenters. The first-order valence-corrected chi connectivity index (χ1v) is 10.1. The quantitative estimate of drug-likeness (QED) is 0.689. The minimum Gasteiger partial charge on any atom is -0.377 e. The molecule has 0 aliphatic carbocycles. The Morgan fingerprint density at radius 2 is 1.96 bits per heavy atom. The van der Waals surface area contributed by atoms with E-state index in [1.54, 1.807) is 0 Å². The van der Waals surface area contributed by atoms with Crippen LogP contribution in [0.15, 0.2) is 29.2 Å². The molecule has 27 heavy (non-hydrogen) atoms. The number of nitrogens with zero attached hydrogens (tertiary/aromatic N) is 1. The van der Waals surface area contributed by atoms with E-state index in [4.69, 9.17) is 22.1 Å². The summed E-state index contributed by atoms with van der Waals surface area (Å²) in [5, 5.41) is 0.295. The molecular weight excluding hydrogens is 409 g/mol. The third-order valence-electron chi connectivity index (χ3n) is 4.21. The Balaban J connectivity index is 2.38. The largest absolute Gasteiger partial charge is 0.389 e. The molecule has 0 aromatic heterocycles. The first-order chi connectivity index (χ1) is 12.5. The summed E-state index contributed by atoms with van der Waals surface area (Å²) in [5.41, 5.74) is 5.27. The second-order valence-electron chi connectivity index (χ2n) is 6.24. The number of hydrogen-bond donors (Lipinski definition) is 1. The van der Waals surface area contributed by atoms with Crippen molar-refractivity contribution >= 4 is 27.5 Å². The molecular formula is C16H20ClF3N2O4S. The summed E-state index contributed by atoms with van der Waals surface area (Å²) in [6.45, 7) is 0.166. The summed E-state index contributed by atoms with van der Waals surface area (Å²) < 4.78 is 70.2. The summed E-state index contributed by atoms with van der Waals surface area (Å²) in [6, 6.07) is 3.49. The Labute approximate surface area is 160 Å². The zero-order valence-electron chi connectivity index (χ0n) is 14.3. The van der Waals surface area contributed by atoms with Gasteiger partial charge < -0.3 is 10.5 Å². The van der Waals surface area contributed by atoms with Gasteiger partial charge in [0.15, 0.2) is 0 Å². The van der Waals surface area contributed by atoms with Crippen LogP contribution in [0.1, 0.15) is 25.7 Å². The van der Waals surface area contributed by atoms with E-state index in [0.29, 0.717) is 24.5 Å². The van der Waals surface area contributed by atoms with Crippen LogP contribution in [0, 0.1) is 0 Å². The second-order valence-corrected chi connectivity index (χ2v) is 8.56. The number of rotatable bonds is 8. The standard InChI is InChI=1S/C16H20ClF3N2O4S/c17-11-3-5-13(6-4-11)27(24,25)22(10-12-2-1-9-26-12)14(15(21)23)7-8-16(18,19)20/h3-6,12,14H,1-2,7-10H2,(H2,21,23)/t12-,14-/m1/s1. The molecule has 0 saturated carbocycles. The number of primary amides is 1. The molecule has 2 rings (SSSR count). The molecule has 11 heteroatoms. The van der Waals surface area contributed by atoms with Gasteiger partial charge in [0.1, 0.15) is 6.04 Å². The van der Waals surface area contributed by atoms with Crippen LogP contribution in [-0.2, 0) is 19.6 Å². The van der Waals surface area contributed by atoms with E-state index in [1.807, 2.05) is 0 Å². The van der Waals surface area contributed by atoms with Gasteiger partial charge in [-0.15, -0.1) is 0 Å². The summed E-state index contributed by atoms with van der Waals surface area (Å²) in [7, 11) is -4.29. The average molecular weight is 429 g/mol. The van der Waals surface area contributed by atoms with Crippen LogP contribution < -0.4 is 5.73 Å². The molecule has 1 fully saturated rings. The topological polar surface area (TPSA) is 89.7 Å². The van der Waals surface area contributed by atoms with Crippen molar-refractivity contribution in [2.24, 2.45) is 5.73 Å². The highest BCUT2D eigenvalue weighted by molar-refractivity contribution is 7.89. The van der Waals surface area contributed by atoms with Crippen LogP contribution >= 0.6 is 11.6 Å². The number of benzene rings is 1. The smallest absolute Gasteiger partial charge is 0.377 e. The normalized spacial score (nSPS) is 19.4. The zero-order valence-corrected chi connectivity index (χ0v) is 15.9. The maximum Gasteiger partial charge on any atom is 0.389 e. The number of alkyl halides is 3. The number of hydrogen-bond acceptors (Lipinski definition) is 4. The number of nitrogens with two attached hydrogens (primary N) is 1. The van der Waals surface area contributed by atoms with Gasteiger partial charge in [-0.25, -0.2) is 8.42 Å². The molecule has 1 amide bonds. The minimum absolute atomic E-state index is 0.192. The van der Waals surface area contributed by atoms with Gasteiger partial charge in [-0.2, -0.15) is 17.5 Å². The fourth-order valence-corrected chi connectivity index (χ4v) is 4.64. The van der Waals surface area contributed by atoms with Gasteiger partial charge in [0, 0.05) is 24.6 Å². The molecule has 1 aliphatic rings. The van der Waals surface area contributed by atoms with E-state index in [-0.39, 0.29) is 11.4 Å². The molecule has 1 aromatic carbocycles. The number of carbonyl (C=O) groups excluding carboxylic acids is 1. The fourth-order valence-electron chi connectivity index (χ4n) is 2.85. The number of sulfonamides is 1. The number of amides is 1. The molecule has 1 heterocycles. The van der Waals surface area contributed by atoms with Gasteiger partial charge in [-0.05, 0) is 43.5 Å². The summed E-state index contributed by atoms with van der Waals surface area (Å²) in [4.78, 5) is 11.7. The van der Waals surface area contributed by atoms with E-state index < -0.39 is 47.1 Å². The third kappa shape index (κ3) is 6.06. The first-order valence-electron chi connectivity index (χ1n) is 8.26. The molecule has 1 aromatic rings. The highest BCUT2D eigenvalue weighted by Gasteiger charge is 2.39. The highest BCUT2D eigenvalue weighted by atomic mass is 35.5. The Kier molecular flexibility index (Phi) is 7.12. The predicted molar refractivity (Wildman–Crippen MR) is 92.6 cm³/mol.